The normalized spacial score (nSPS) is 28.4. The summed E-state index contributed by atoms with van der Waals surface area (Å²) >= 11 is 0. The molecule has 3 nitrogen and oxygen atoms in total. The van der Waals surface area contributed by atoms with E-state index in [9.17, 15) is 0 Å². The summed E-state index contributed by atoms with van der Waals surface area (Å²) in [4.78, 5) is 0. The number of anilines is 1. The minimum atomic E-state index is 0.629. The van der Waals surface area contributed by atoms with E-state index >= 15 is 0 Å². The number of nitrogens with one attached hydrogen (secondary N) is 1. The second-order valence-electron chi connectivity index (χ2n) is 6.19. The van der Waals surface area contributed by atoms with Crippen LogP contribution in [0.5, 0.6) is 0 Å². The van der Waals surface area contributed by atoms with Crippen molar-refractivity contribution in [1.29, 1.82) is 0 Å². The van der Waals surface area contributed by atoms with Crippen LogP contribution in [-0.2, 0) is 0 Å². The summed E-state index contributed by atoms with van der Waals surface area (Å²) in [5.74, 6) is 3.21. The molecule has 1 aromatic carbocycles. The third-order valence-electron chi connectivity index (χ3n) is 4.81. The van der Waals surface area contributed by atoms with Gasteiger partial charge in [-0.2, -0.15) is 5.10 Å². The SMILES string of the molecule is Cc1ccc(-c2c(N)n[nH]c2C2CC3CC3C2)cc1. The molecule has 2 saturated carbocycles. The van der Waals surface area contributed by atoms with Crippen LogP contribution in [0.15, 0.2) is 24.3 Å². The van der Waals surface area contributed by atoms with Gasteiger partial charge in [0.2, 0.25) is 0 Å². The summed E-state index contributed by atoms with van der Waals surface area (Å²) < 4.78 is 0. The third-order valence-corrected chi connectivity index (χ3v) is 4.81. The first-order valence-corrected chi connectivity index (χ1v) is 7.13. The minimum Gasteiger partial charge on any atom is -0.382 e. The van der Waals surface area contributed by atoms with Crippen LogP contribution in [0, 0.1) is 18.8 Å². The zero-order valence-electron chi connectivity index (χ0n) is 11.2. The molecule has 2 aliphatic carbocycles. The lowest BCUT2D eigenvalue weighted by molar-refractivity contribution is 0.607. The first-order chi connectivity index (χ1) is 9.22. The summed E-state index contributed by atoms with van der Waals surface area (Å²) in [6.07, 6.45) is 4.07. The predicted octanol–water partition coefficient (Wildman–Crippen LogP) is 3.48. The van der Waals surface area contributed by atoms with Crippen molar-refractivity contribution >= 4 is 5.82 Å². The molecular weight excluding hydrogens is 234 g/mol. The van der Waals surface area contributed by atoms with Gasteiger partial charge >= 0.3 is 0 Å². The molecule has 0 aliphatic heterocycles. The lowest BCUT2D eigenvalue weighted by Gasteiger charge is -2.12. The molecule has 3 heteroatoms. The fourth-order valence-corrected chi connectivity index (χ4v) is 3.64. The Bertz CT molecular complexity index is 601. The van der Waals surface area contributed by atoms with E-state index in [1.54, 1.807) is 0 Å². The van der Waals surface area contributed by atoms with Crippen molar-refractivity contribution in [1.82, 2.24) is 10.2 Å². The first-order valence-electron chi connectivity index (χ1n) is 7.13. The van der Waals surface area contributed by atoms with Gasteiger partial charge in [0, 0.05) is 17.2 Å². The van der Waals surface area contributed by atoms with Crippen molar-refractivity contribution < 1.29 is 0 Å². The van der Waals surface area contributed by atoms with E-state index in [4.69, 9.17) is 5.73 Å². The second-order valence-corrected chi connectivity index (χ2v) is 6.19. The van der Waals surface area contributed by atoms with E-state index < -0.39 is 0 Å². The largest absolute Gasteiger partial charge is 0.382 e. The Morgan fingerprint density at radius 3 is 2.47 bits per heavy atom. The van der Waals surface area contributed by atoms with Crippen molar-refractivity contribution in [3.05, 3.63) is 35.5 Å². The second kappa shape index (κ2) is 3.86. The number of hydrogen-bond donors (Lipinski definition) is 2. The molecule has 4 rings (SSSR count). The van der Waals surface area contributed by atoms with Gasteiger partial charge in [-0.1, -0.05) is 29.8 Å². The fourth-order valence-electron chi connectivity index (χ4n) is 3.64. The van der Waals surface area contributed by atoms with Crippen LogP contribution in [0.4, 0.5) is 5.82 Å². The number of nitrogen functional groups attached to an aromatic ring is 1. The number of benzene rings is 1. The summed E-state index contributed by atoms with van der Waals surface area (Å²) in [6.45, 7) is 2.11. The lowest BCUT2D eigenvalue weighted by Crippen LogP contribution is -1.99. The van der Waals surface area contributed by atoms with Gasteiger partial charge < -0.3 is 5.73 Å². The number of aromatic nitrogens is 2. The maximum Gasteiger partial charge on any atom is 0.153 e. The van der Waals surface area contributed by atoms with Crippen LogP contribution in [-0.4, -0.2) is 10.2 Å². The average molecular weight is 253 g/mol. The highest BCUT2D eigenvalue weighted by Crippen LogP contribution is 2.58. The van der Waals surface area contributed by atoms with Crippen molar-refractivity contribution in [2.75, 3.05) is 5.73 Å². The van der Waals surface area contributed by atoms with Gasteiger partial charge in [0.1, 0.15) is 0 Å². The van der Waals surface area contributed by atoms with Crippen LogP contribution >= 0.6 is 0 Å². The zero-order valence-corrected chi connectivity index (χ0v) is 11.2. The maximum absolute atomic E-state index is 6.08. The van der Waals surface area contributed by atoms with Crippen LogP contribution < -0.4 is 5.73 Å². The molecule has 1 heterocycles. The maximum atomic E-state index is 6.08. The first kappa shape index (κ1) is 11.1. The van der Waals surface area contributed by atoms with Crippen molar-refractivity contribution in [2.24, 2.45) is 11.8 Å². The third kappa shape index (κ3) is 1.76. The smallest absolute Gasteiger partial charge is 0.153 e. The summed E-state index contributed by atoms with van der Waals surface area (Å²) in [6, 6.07) is 8.57. The molecule has 1 aromatic heterocycles. The Morgan fingerprint density at radius 2 is 1.79 bits per heavy atom. The number of rotatable bonds is 2. The van der Waals surface area contributed by atoms with E-state index in [0.717, 1.165) is 17.4 Å². The molecule has 0 radical (unpaired) electrons. The van der Waals surface area contributed by atoms with Gasteiger partial charge in [0.05, 0.1) is 0 Å². The monoisotopic (exact) mass is 253 g/mol. The number of aryl methyl sites for hydroxylation is 1. The summed E-state index contributed by atoms with van der Waals surface area (Å²) in [5, 5.41) is 7.45. The molecule has 19 heavy (non-hydrogen) atoms. The molecule has 0 amide bonds. The van der Waals surface area contributed by atoms with E-state index in [0.29, 0.717) is 11.7 Å². The molecule has 2 fully saturated rings. The van der Waals surface area contributed by atoms with Crippen molar-refractivity contribution in [3.8, 4) is 11.1 Å². The standard InChI is InChI=1S/C16H19N3/c1-9-2-4-10(5-3-9)14-15(18-19-16(14)17)13-7-11-6-12(11)8-13/h2-5,11-13H,6-8H2,1H3,(H3,17,18,19). The molecule has 0 saturated heterocycles. The summed E-state index contributed by atoms with van der Waals surface area (Å²) in [5.41, 5.74) is 10.9. The van der Waals surface area contributed by atoms with Crippen LogP contribution in [0.1, 0.15) is 36.4 Å². The number of fused-ring (bicyclic) bond motifs is 1. The van der Waals surface area contributed by atoms with E-state index in [-0.39, 0.29) is 0 Å². The molecular formula is C16H19N3. The van der Waals surface area contributed by atoms with Gasteiger partial charge in [-0.15, -0.1) is 0 Å². The molecule has 0 spiro atoms. The molecule has 98 valence electrons. The Labute approximate surface area is 113 Å². The topological polar surface area (TPSA) is 54.7 Å². The Hall–Kier alpha value is -1.77. The number of aromatic amines is 1. The lowest BCUT2D eigenvalue weighted by atomic mass is 9.93. The molecule has 2 aromatic rings. The highest BCUT2D eigenvalue weighted by atomic mass is 15.2. The predicted molar refractivity (Wildman–Crippen MR) is 76.7 cm³/mol. The average Bonchev–Trinajstić information content (AvgIpc) is 2.84. The zero-order chi connectivity index (χ0) is 13.0. The highest BCUT2D eigenvalue weighted by Gasteiger charge is 2.47. The Balaban J connectivity index is 1.74. The number of nitrogens with two attached hydrogens (primary N) is 1. The van der Waals surface area contributed by atoms with Gasteiger partial charge in [-0.3, -0.25) is 5.10 Å². The van der Waals surface area contributed by atoms with Gasteiger partial charge in [-0.25, -0.2) is 0 Å². The van der Waals surface area contributed by atoms with Crippen LogP contribution in [0.2, 0.25) is 0 Å². The van der Waals surface area contributed by atoms with E-state index in [2.05, 4.69) is 41.4 Å². The number of hydrogen-bond acceptors (Lipinski definition) is 2. The highest BCUT2D eigenvalue weighted by molar-refractivity contribution is 5.77. The van der Waals surface area contributed by atoms with E-state index in [1.165, 1.54) is 36.1 Å². The Morgan fingerprint density at radius 1 is 1.11 bits per heavy atom. The van der Waals surface area contributed by atoms with Gasteiger partial charge in [0.15, 0.2) is 5.82 Å². The minimum absolute atomic E-state index is 0.629. The van der Waals surface area contributed by atoms with E-state index in [1.807, 2.05) is 0 Å². The number of H-pyrrole nitrogens is 1. The molecule has 3 N–H and O–H groups in total. The summed E-state index contributed by atoms with van der Waals surface area (Å²) in [7, 11) is 0. The molecule has 2 aliphatic rings. The molecule has 0 bridgehead atoms. The van der Waals surface area contributed by atoms with Crippen molar-refractivity contribution in [3.63, 3.8) is 0 Å². The fraction of sp³-hybridized carbons (Fsp3) is 0.438. The number of nitrogens with zero attached hydrogens (tertiary/aromatic N) is 1. The van der Waals surface area contributed by atoms with Crippen molar-refractivity contribution in [2.45, 2.75) is 32.1 Å². The van der Waals surface area contributed by atoms with Gasteiger partial charge in [-0.05, 0) is 43.6 Å². The molecule has 2 unspecified atom stereocenters. The quantitative estimate of drug-likeness (QED) is 0.861. The molecule has 2 atom stereocenters. The Kier molecular flexibility index (Phi) is 2.25. The van der Waals surface area contributed by atoms with Gasteiger partial charge in [0.25, 0.3) is 0 Å². The van der Waals surface area contributed by atoms with Crippen LogP contribution in [0.25, 0.3) is 11.1 Å². The van der Waals surface area contributed by atoms with Crippen LogP contribution in [0.3, 0.4) is 0 Å².